The quantitative estimate of drug-likeness (QED) is 0.533. The summed E-state index contributed by atoms with van der Waals surface area (Å²) in [6.07, 6.45) is 0.145. The van der Waals surface area contributed by atoms with Crippen LogP contribution in [0.4, 0.5) is 16.2 Å². The number of anilines is 2. The van der Waals surface area contributed by atoms with E-state index >= 15 is 0 Å². The van der Waals surface area contributed by atoms with Crippen LogP contribution in [-0.4, -0.2) is 12.0 Å². The summed E-state index contributed by atoms with van der Waals surface area (Å²) in [5.74, 6) is -0.264. The first-order valence-corrected chi connectivity index (χ1v) is 9.79. The molecule has 0 fully saturated rings. The Kier molecular flexibility index (Phi) is 7.19. The molecule has 3 aromatic carbocycles. The predicted octanol–water partition coefficient (Wildman–Crippen LogP) is 4.71. The number of hydrogen-bond acceptors (Lipinski definition) is 4. The number of nitrogens with two attached hydrogens (primary N) is 1. The van der Waals surface area contributed by atoms with E-state index in [4.69, 9.17) is 10.5 Å². The van der Waals surface area contributed by atoms with E-state index in [2.05, 4.69) is 10.6 Å². The van der Waals surface area contributed by atoms with Crippen LogP contribution in [0.5, 0.6) is 0 Å². The van der Waals surface area contributed by atoms with Crippen LogP contribution in [0.1, 0.15) is 34.0 Å². The highest BCUT2D eigenvalue weighted by molar-refractivity contribution is 6.05. The van der Waals surface area contributed by atoms with E-state index in [1.807, 2.05) is 67.6 Å². The van der Waals surface area contributed by atoms with Gasteiger partial charge in [0.2, 0.25) is 0 Å². The van der Waals surface area contributed by atoms with Crippen molar-refractivity contribution in [3.8, 4) is 0 Å². The molecule has 0 aliphatic rings. The van der Waals surface area contributed by atoms with Gasteiger partial charge in [-0.05, 0) is 53.4 Å². The van der Waals surface area contributed by atoms with Gasteiger partial charge in [0.1, 0.15) is 6.61 Å². The molecule has 0 bridgehead atoms. The highest BCUT2D eigenvalue weighted by atomic mass is 16.5. The summed E-state index contributed by atoms with van der Waals surface area (Å²) in [4.78, 5) is 24.9. The van der Waals surface area contributed by atoms with Crippen LogP contribution in [0.2, 0.25) is 0 Å². The number of nitrogens with one attached hydrogen (secondary N) is 2. The van der Waals surface area contributed by atoms with Crippen molar-refractivity contribution in [2.24, 2.45) is 5.73 Å². The molecule has 6 heteroatoms. The van der Waals surface area contributed by atoms with Gasteiger partial charge in [-0.1, -0.05) is 49.4 Å². The number of aryl methyl sites for hydroxylation is 1. The normalized spacial score (nSPS) is 10.3. The molecule has 6 nitrogen and oxygen atoms in total. The molecule has 0 spiro atoms. The molecule has 0 saturated carbocycles. The number of rotatable bonds is 7. The van der Waals surface area contributed by atoms with Crippen molar-refractivity contribution < 1.29 is 14.3 Å². The minimum absolute atomic E-state index is 0.172. The lowest BCUT2D eigenvalue weighted by molar-refractivity contribution is 0.102. The molecule has 0 unspecified atom stereocenters. The number of amides is 2. The maximum atomic E-state index is 12.7. The van der Waals surface area contributed by atoms with Crippen molar-refractivity contribution in [1.29, 1.82) is 0 Å². The molecule has 0 aliphatic carbocycles. The van der Waals surface area contributed by atoms with E-state index in [0.29, 0.717) is 23.5 Å². The Bertz CT molecular complexity index is 1020. The number of carbonyl (C=O) groups excluding carboxylic acids is 2. The SMILES string of the molecule is CCc1cc(NC(=O)OCc2ccccc2)cc(C(=O)Nc2cccc(CN)c2)c1. The highest BCUT2D eigenvalue weighted by Gasteiger charge is 2.12. The Morgan fingerprint density at radius 3 is 2.30 bits per heavy atom. The number of carbonyl (C=O) groups is 2. The fourth-order valence-corrected chi connectivity index (χ4v) is 2.96. The molecule has 0 atom stereocenters. The van der Waals surface area contributed by atoms with E-state index < -0.39 is 6.09 Å². The molecule has 0 aliphatic heterocycles. The minimum atomic E-state index is -0.575. The van der Waals surface area contributed by atoms with E-state index in [-0.39, 0.29) is 12.5 Å². The smallest absolute Gasteiger partial charge is 0.411 e. The molecule has 0 aromatic heterocycles. The first-order valence-electron chi connectivity index (χ1n) is 9.79. The fraction of sp³-hybridized carbons (Fsp3) is 0.167. The van der Waals surface area contributed by atoms with Gasteiger partial charge in [0.15, 0.2) is 0 Å². The maximum absolute atomic E-state index is 12.7. The number of hydrogen-bond donors (Lipinski definition) is 3. The summed E-state index contributed by atoms with van der Waals surface area (Å²) in [7, 11) is 0. The van der Waals surface area contributed by atoms with Crippen molar-refractivity contribution in [3.63, 3.8) is 0 Å². The lowest BCUT2D eigenvalue weighted by Gasteiger charge is -2.12. The van der Waals surface area contributed by atoms with Crippen LogP contribution < -0.4 is 16.4 Å². The van der Waals surface area contributed by atoms with Crippen LogP contribution in [-0.2, 0) is 24.3 Å². The van der Waals surface area contributed by atoms with Crippen molar-refractivity contribution >= 4 is 23.4 Å². The standard InChI is InChI=1S/C24H25N3O3/c1-2-17-11-20(23(28)26-21-10-6-9-19(13-21)15-25)14-22(12-17)27-24(29)30-16-18-7-4-3-5-8-18/h3-14H,2,15-16,25H2,1H3,(H,26,28)(H,27,29). The molecule has 3 rings (SSSR count). The van der Waals surface area contributed by atoms with Crippen molar-refractivity contribution in [1.82, 2.24) is 0 Å². The molecule has 0 saturated heterocycles. The van der Waals surface area contributed by atoms with E-state index in [9.17, 15) is 9.59 Å². The third-order valence-corrected chi connectivity index (χ3v) is 4.54. The zero-order valence-electron chi connectivity index (χ0n) is 16.9. The van der Waals surface area contributed by atoms with Crippen LogP contribution >= 0.6 is 0 Å². The molecule has 2 amide bonds. The van der Waals surface area contributed by atoms with Gasteiger partial charge in [-0.25, -0.2) is 4.79 Å². The van der Waals surface area contributed by atoms with Crippen molar-refractivity contribution in [3.05, 3.63) is 95.1 Å². The van der Waals surface area contributed by atoms with Gasteiger partial charge in [0.25, 0.3) is 5.91 Å². The Hall–Kier alpha value is -3.64. The summed E-state index contributed by atoms with van der Waals surface area (Å²) in [5.41, 5.74) is 10.0. The zero-order valence-corrected chi connectivity index (χ0v) is 16.9. The van der Waals surface area contributed by atoms with Gasteiger partial charge in [0.05, 0.1) is 0 Å². The second kappa shape index (κ2) is 10.2. The first-order chi connectivity index (χ1) is 14.6. The average molecular weight is 403 g/mol. The lowest BCUT2D eigenvalue weighted by Crippen LogP contribution is -2.16. The van der Waals surface area contributed by atoms with Gasteiger partial charge >= 0.3 is 6.09 Å². The second-order valence-electron chi connectivity index (χ2n) is 6.82. The van der Waals surface area contributed by atoms with E-state index in [0.717, 1.165) is 23.1 Å². The first kappa shape index (κ1) is 21.1. The number of ether oxygens (including phenoxy) is 1. The van der Waals surface area contributed by atoms with Crippen molar-refractivity contribution in [2.75, 3.05) is 10.6 Å². The number of benzene rings is 3. The third kappa shape index (κ3) is 5.93. The topological polar surface area (TPSA) is 93.4 Å². The Morgan fingerprint density at radius 1 is 0.833 bits per heavy atom. The summed E-state index contributed by atoms with van der Waals surface area (Å²) < 4.78 is 5.26. The molecular formula is C24H25N3O3. The highest BCUT2D eigenvalue weighted by Crippen LogP contribution is 2.19. The van der Waals surface area contributed by atoms with Crippen LogP contribution in [0, 0.1) is 0 Å². The molecule has 4 N–H and O–H groups in total. The van der Waals surface area contributed by atoms with Crippen molar-refractivity contribution in [2.45, 2.75) is 26.5 Å². The Labute approximate surface area is 176 Å². The minimum Gasteiger partial charge on any atom is -0.444 e. The van der Waals surface area contributed by atoms with Gasteiger partial charge < -0.3 is 15.8 Å². The zero-order chi connectivity index (χ0) is 21.3. The Balaban J connectivity index is 1.69. The van der Waals surface area contributed by atoms with Crippen LogP contribution in [0.25, 0.3) is 0 Å². The van der Waals surface area contributed by atoms with Crippen LogP contribution in [0.3, 0.4) is 0 Å². The molecule has 154 valence electrons. The fourth-order valence-electron chi connectivity index (χ4n) is 2.96. The summed E-state index contributed by atoms with van der Waals surface area (Å²) in [6.45, 7) is 2.55. The maximum Gasteiger partial charge on any atom is 0.411 e. The summed E-state index contributed by atoms with van der Waals surface area (Å²) in [6, 6.07) is 22.1. The lowest BCUT2D eigenvalue weighted by atomic mass is 10.1. The van der Waals surface area contributed by atoms with Gasteiger partial charge in [0, 0.05) is 23.5 Å². The van der Waals surface area contributed by atoms with E-state index in [1.54, 1.807) is 12.1 Å². The van der Waals surface area contributed by atoms with E-state index in [1.165, 1.54) is 0 Å². The largest absolute Gasteiger partial charge is 0.444 e. The molecule has 0 radical (unpaired) electrons. The molecule has 3 aromatic rings. The summed E-state index contributed by atoms with van der Waals surface area (Å²) in [5, 5.41) is 5.58. The Morgan fingerprint density at radius 2 is 1.57 bits per heavy atom. The van der Waals surface area contributed by atoms with Gasteiger partial charge in [-0.3, -0.25) is 10.1 Å². The third-order valence-electron chi connectivity index (χ3n) is 4.54. The molecular weight excluding hydrogens is 378 g/mol. The monoisotopic (exact) mass is 403 g/mol. The average Bonchev–Trinajstić information content (AvgIpc) is 2.78. The summed E-state index contributed by atoms with van der Waals surface area (Å²) >= 11 is 0. The van der Waals surface area contributed by atoms with Crippen LogP contribution in [0.15, 0.2) is 72.8 Å². The van der Waals surface area contributed by atoms with Gasteiger partial charge in [-0.15, -0.1) is 0 Å². The molecule has 30 heavy (non-hydrogen) atoms. The van der Waals surface area contributed by atoms with Gasteiger partial charge in [-0.2, -0.15) is 0 Å². The predicted molar refractivity (Wildman–Crippen MR) is 118 cm³/mol. The second-order valence-corrected chi connectivity index (χ2v) is 6.82. The molecule has 0 heterocycles.